The van der Waals surface area contributed by atoms with Crippen LogP contribution in [0.3, 0.4) is 0 Å². The van der Waals surface area contributed by atoms with Gasteiger partial charge in [0.25, 0.3) is 5.91 Å². The number of nitrogen functional groups attached to an aromatic ring is 1. The first-order valence-electron chi connectivity index (χ1n) is 11.0. The fourth-order valence-electron chi connectivity index (χ4n) is 4.21. The van der Waals surface area contributed by atoms with Gasteiger partial charge in [-0.3, -0.25) is 4.79 Å². The Labute approximate surface area is 205 Å². The number of methoxy groups -OCH3 is 1. The maximum absolute atomic E-state index is 12.8. The van der Waals surface area contributed by atoms with Crippen LogP contribution < -0.4 is 26.0 Å². The number of aromatic nitrogens is 2. The van der Waals surface area contributed by atoms with Crippen LogP contribution in [-0.2, 0) is 0 Å². The van der Waals surface area contributed by atoms with Crippen molar-refractivity contribution in [3.63, 3.8) is 0 Å². The molecule has 0 radical (unpaired) electrons. The maximum atomic E-state index is 12.8. The maximum Gasteiger partial charge on any atom is 0.255 e. The largest absolute Gasteiger partial charge is 0.496 e. The summed E-state index contributed by atoms with van der Waals surface area (Å²) in [6.45, 7) is 0. The van der Waals surface area contributed by atoms with Gasteiger partial charge in [0.1, 0.15) is 11.6 Å². The van der Waals surface area contributed by atoms with Crippen molar-refractivity contribution in [2.45, 2.75) is 45.2 Å². The van der Waals surface area contributed by atoms with Gasteiger partial charge in [-0.05, 0) is 43.9 Å². The molecule has 1 heterocycles. The zero-order valence-corrected chi connectivity index (χ0v) is 19.8. The van der Waals surface area contributed by atoms with Crippen molar-refractivity contribution in [1.82, 2.24) is 15.3 Å². The molecule has 34 heavy (non-hydrogen) atoms. The number of ether oxygens (including phenoxy) is 1. The highest BCUT2D eigenvalue weighted by Crippen LogP contribution is 2.30. The summed E-state index contributed by atoms with van der Waals surface area (Å²) in [6.07, 6.45) is 3.50. The number of para-hydroxylation sites is 1. The van der Waals surface area contributed by atoms with E-state index in [1.165, 1.54) is 7.11 Å². The van der Waals surface area contributed by atoms with Gasteiger partial charge >= 0.3 is 0 Å². The molecule has 0 bridgehead atoms. The van der Waals surface area contributed by atoms with Crippen LogP contribution in [0, 0.1) is 0 Å². The van der Waals surface area contributed by atoms with E-state index in [1.54, 1.807) is 12.1 Å². The minimum atomic E-state index is -0.210. The molecular formula is C25H33ClN6O2. The van der Waals surface area contributed by atoms with Gasteiger partial charge in [-0.2, -0.15) is 4.98 Å². The molecule has 0 aliphatic heterocycles. The second-order valence-electron chi connectivity index (χ2n) is 8.52. The van der Waals surface area contributed by atoms with Crippen LogP contribution in [0.25, 0.3) is 10.9 Å². The SMILES string of the molecule is C.COc1cc(N)c(Cl)cc1C(=O)NC1CCC(Nc2nc(N(C)C)c3ccccc3n2)CC1. The quantitative estimate of drug-likeness (QED) is 0.434. The number of nitrogens with two attached hydrogens (primary N) is 1. The molecular weight excluding hydrogens is 452 g/mol. The van der Waals surface area contributed by atoms with Crippen molar-refractivity contribution in [2.75, 3.05) is 37.2 Å². The molecule has 1 aromatic heterocycles. The van der Waals surface area contributed by atoms with Crippen LogP contribution in [-0.4, -0.2) is 49.2 Å². The van der Waals surface area contributed by atoms with Crippen LogP contribution >= 0.6 is 11.6 Å². The van der Waals surface area contributed by atoms with E-state index in [0.717, 1.165) is 42.4 Å². The number of nitrogens with one attached hydrogen (secondary N) is 2. The Morgan fingerprint density at radius 2 is 1.79 bits per heavy atom. The standard InChI is InChI=1S/C24H29ClN6O2.CH4/c1-31(2)22-16-6-4-5-7-20(16)29-24(30-22)28-15-10-8-14(9-11-15)27-23(32)17-12-18(25)19(26)13-21(17)33-3;/h4-7,12-15H,8-11,26H2,1-3H3,(H,27,32)(H,28,29,30);1H4. The molecule has 1 aliphatic rings. The van der Waals surface area contributed by atoms with Gasteiger partial charge < -0.3 is 26.0 Å². The molecule has 4 rings (SSSR count). The summed E-state index contributed by atoms with van der Waals surface area (Å²) in [5.41, 5.74) is 7.50. The van der Waals surface area contributed by atoms with E-state index in [-0.39, 0.29) is 25.4 Å². The highest BCUT2D eigenvalue weighted by atomic mass is 35.5. The van der Waals surface area contributed by atoms with Crippen molar-refractivity contribution >= 4 is 45.9 Å². The van der Waals surface area contributed by atoms with Crippen LogP contribution in [0.1, 0.15) is 43.5 Å². The first-order chi connectivity index (χ1) is 15.9. The van der Waals surface area contributed by atoms with E-state index in [1.807, 2.05) is 43.3 Å². The summed E-state index contributed by atoms with van der Waals surface area (Å²) in [5, 5.41) is 7.96. The molecule has 1 saturated carbocycles. The molecule has 0 unspecified atom stereocenters. The predicted octanol–water partition coefficient (Wildman–Crippen LogP) is 4.73. The van der Waals surface area contributed by atoms with E-state index in [2.05, 4.69) is 10.6 Å². The van der Waals surface area contributed by atoms with Gasteiger partial charge in [0.05, 0.1) is 28.9 Å². The summed E-state index contributed by atoms with van der Waals surface area (Å²) in [4.78, 5) is 24.3. The second-order valence-corrected chi connectivity index (χ2v) is 8.93. The van der Waals surface area contributed by atoms with E-state index in [9.17, 15) is 4.79 Å². The molecule has 0 spiro atoms. The fraction of sp³-hybridized carbons (Fsp3) is 0.400. The average Bonchev–Trinajstić information content (AvgIpc) is 2.81. The van der Waals surface area contributed by atoms with Crippen LogP contribution in [0.5, 0.6) is 5.75 Å². The molecule has 3 aromatic rings. The second kappa shape index (κ2) is 10.8. The Bertz CT molecular complexity index is 1160. The molecule has 1 fully saturated rings. The molecule has 4 N–H and O–H groups in total. The summed E-state index contributed by atoms with van der Waals surface area (Å²) >= 11 is 6.11. The third-order valence-corrected chi connectivity index (χ3v) is 6.29. The molecule has 2 aromatic carbocycles. The summed E-state index contributed by atoms with van der Waals surface area (Å²) in [6, 6.07) is 11.5. The molecule has 8 nitrogen and oxygen atoms in total. The Balaban J connectivity index is 0.00000324. The minimum absolute atomic E-state index is 0. The van der Waals surface area contributed by atoms with E-state index < -0.39 is 0 Å². The van der Waals surface area contributed by atoms with E-state index in [0.29, 0.717) is 28.0 Å². The zero-order chi connectivity index (χ0) is 23.5. The third-order valence-electron chi connectivity index (χ3n) is 5.97. The number of rotatable bonds is 6. The average molecular weight is 485 g/mol. The lowest BCUT2D eigenvalue weighted by atomic mass is 9.91. The number of amides is 1. The lowest BCUT2D eigenvalue weighted by Gasteiger charge is -2.30. The number of carbonyl (C=O) groups is 1. The van der Waals surface area contributed by atoms with Crippen molar-refractivity contribution in [3.8, 4) is 5.75 Å². The number of benzene rings is 2. The van der Waals surface area contributed by atoms with Crippen molar-refractivity contribution in [3.05, 3.63) is 47.0 Å². The van der Waals surface area contributed by atoms with Gasteiger partial charge in [0, 0.05) is 37.6 Å². The number of carbonyl (C=O) groups excluding carboxylic acids is 1. The Kier molecular flexibility index (Phi) is 8.04. The lowest BCUT2D eigenvalue weighted by Crippen LogP contribution is -2.40. The van der Waals surface area contributed by atoms with Crippen LogP contribution in [0.2, 0.25) is 5.02 Å². The highest BCUT2D eigenvalue weighted by Gasteiger charge is 2.25. The molecule has 9 heteroatoms. The van der Waals surface area contributed by atoms with Gasteiger partial charge in [0.2, 0.25) is 5.95 Å². The van der Waals surface area contributed by atoms with Crippen LogP contribution in [0.4, 0.5) is 17.5 Å². The zero-order valence-electron chi connectivity index (χ0n) is 19.1. The smallest absolute Gasteiger partial charge is 0.255 e. The number of anilines is 3. The molecule has 1 amide bonds. The first kappa shape index (κ1) is 25.4. The summed E-state index contributed by atoms with van der Waals surface area (Å²) < 4.78 is 5.31. The van der Waals surface area contributed by atoms with Crippen molar-refractivity contribution in [1.29, 1.82) is 0 Å². The van der Waals surface area contributed by atoms with Gasteiger partial charge in [-0.1, -0.05) is 31.2 Å². The first-order valence-corrected chi connectivity index (χ1v) is 11.4. The van der Waals surface area contributed by atoms with Gasteiger partial charge in [-0.15, -0.1) is 0 Å². The van der Waals surface area contributed by atoms with Crippen molar-refractivity contribution in [2.24, 2.45) is 0 Å². The lowest BCUT2D eigenvalue weighted by molar-refractivity contribution is 0.0923. The molecule has 1 aliphatic carbocycles. The fourth-order valence-corrected chi connectivity index (χ4v) is 4.37. The third kappa shape index (κ3) is 5.44. The number of hydrogen-bond acceptors (Lipinski definition) is 7. The number of hydrogen-bond donors (Lipinski definition) is 3. The Morgan fingerprint density at radius 3 is 2.47 bits per heavy atom. The summed E-state index contributed by atoms with van der Waals surface area (Å²) in [7, 11) is 5.47. The number of halogens is 1. The van der Waals surface area contributed by atoms with Gasteiger partial charge in [0.15, 0.2) is 0 Å². The predicted molar refractivity (Wildman–Crippen MR) is 140 cm³/mol. The Hall–Kier alpha value is -3.26. The van der Waals surface area contributed by atoms with Crippen LogP contribution in [0.15, 0.2) is 36.4 Å². The van der Waals surface area contributed by atoms with E-state index in [4.69, 9.17) is 32.0 Å². The molecule has 0 saturated heterocycles. The van der Waals surface area contributed by atoms with Gasteiger partial charge in [-0.25, -0.2) is 4.98 Å². The topological polar surface area (TPSA) is 105 Å². The minimum Gasteiger partial charge on any atom is -0.496 e. The monoisotopic (exact) mass is 484 g/mol. The van der Waals surface area contributed by atoms with Crippen molar-refractivity contribution < 1.29 is 9.53 Å². The summed E-state index contributed by atoms with van der Waals surface area (Å²) in [5.74, 6) is 1.72. The normalized spacial score (nSPS) is 17.5. The Morgan fingerprint density at radius 1 is 1.12 bits per heavy atom. The molecule has 182 valence electrons. The highest BCUT2D eigenvalue weighted by molar-refractivity contribution is 6.33. The number of fused-ring (bicyclic) bond motifs is 1. The van der Waals surface area contributed by atoms with E-state index >= 15 is 0 Å². The molecule has 0 atom stereocenters. The number of nitrogens with zero attached hydrogens (tertiary/aromatic N) is 3.